The molecule has 0 saturated carbocycles. The van der Waals surface area contributed by atoms with Gasteiger partial charge in [-0.1, -0.05) is 0 Å². The third-order valence-corrected chi connectivity index (χ3v) is 3.96. The molecule has 1 atom stereocenters. The Morgan fingerprint density at radius 1 is 1.21 bits per heavy atom. The van der Waals surface area contributed by atoms with E-state index >= 15 is 0 Å². The van der Waals surface area contributed by atoms with E-state index in [1.54, 1.807) is 11.1 Å². The normalized spacial score (nSPS) is 18.5. The van der Waals surface area contributed by atoms with Crippen molar-refractivity contribution < 1.29 is 14.3 Å². The monoisotopic (exact) mass is 328 g/mol. The molecule has 1 fully saturated rings. The molecule has 0 bridgehead atoms. The quantitative estimate of drug-likeness (QED) is 0.822. The predicted molar refractivity (Wildman–Crippen MR) is 93.0 cm³/mol. The molecular weight excluding hydrogens is 304 g/mol. The van der Waals surface area contributed by atoms with Gasteiger partial charge in [0.15, 0.2) is 6.23 Å². The summed E-state index contributed by atoms with van der Waals surface area (Å²) in [5.41, 5.74) is -0.505. The summed E-state index contributed by atoms with van der Waals surface area (Å²) in [5, 5.41) is 2.14. The summed E-state index contributed by atoms with van der Waals surface area (Å²) in [7, 11) is 0. The number of likely N-dealkylation sites (tertiary alicyclic amines) is 1. The van der Waals surface area contributed by atoms with Crippen molar-refractivity contribution in [1.82, 2.24) is 9.88 Å². The smallest absolute Gasteiger partial charge is 0.413 e. The van der Waals surface area contributed by atoms with Gasteiger partial charge in [0.1, 0.15) is 11.4 Å². The first-order valence-electron chi connectivity index (χ1n) is 8.42. The van der Waals surface area contributed by atoms with Gasteiger partial charge in [0.05, 0.1) is 0 Å². The van der Waals surface area contributed by atoms with Crippen LogP contribution >= 0.6 is 0 Å². The van der Waals surface area contributed by atoms with Crippen molar-refractivity contribution in [3.63, 3.8) is 0 Å². The first-order chi connectivity index (χ1) is 11.4. The summed E-state index contributed by atoms with van der Waals surface area (Å²) in [6, 6.07) is 7.85. The number of carbonyl (C=O) groups is 1. The fourth-order valence-electron chi connectivity index (χ4n) is 2.84. The number of piperidine rings is 1. The minimum Gasteiger partial charge on any atom is -0.470 e. The third-order valence-electron chi connectivity index (χ3n) is 3.96. The molecule has 1 aromatic heterocycles. The Morgan fingerprint density at radius 2 is 2.04 bits per heavy atom. The number of nitrogens with zero attached hydrogens (tertiary/aromatic N) is 2. The molecule has 1 saturated heterocycles. The Kier molecular flexibility index (Phi) is 4.60. The van der Waals surface area contributed by atoms with Crippen LogP contribution in [0.15, 0.2) is 36.7 Å². The van der Waals surface area contributed by atoms with Crippen molar-refractivity contribution in [1.29, 1.82) is 0 Å². The fraction of sp³-hybridized carbons (Fsp3) is 0.474. The maximum atomic E-state index is 12.4. The molecule has 2 heterocycles. The third kappa shape index (κ3) is 3.96. The lowest BCUT2D eigenvalue weighted by Crippen LogP contribution is -2.48. The van der Waals surface area contributed by atoms with Crippen LogP contribution in [0.2, 0.25) is 0 Å². The molecule has 0 N–H and O–H groups in total. The molecule has 1 aromatic carbocycles. The van der Waals surface area contributed by atoms with Crippen LogP contribution in [-0.4, -0.2) is 34.4 Å². The van der Waals surface area contributed by atoms with E-state index in [-0.39, 0.29) is 12.3 Å². The number of carbonyl (C=O) groups excluding carboxylic acids is 1. The summed E-state index contributed by atoms with van der Waals surface area (Å²) in [6.45, 7) is 6.29. The molecule has 1 amide bonds. The molecule has 0 spiro atoms. The first kappa shape index (κ1) is 16.6. The van der Waals surface area contributed by atoms with Gasteiger partial charge in [0.2, 0.25) is 0 Å². The number of amides is 1. The molecule has 3 rings (SSSR count). The number of aromatic nitrogens is 1. The average Bonchev–Trinajstić information content (AvgIpc) is 2.53. The van der Waals surface area contributed by atoms with E-state index in [1.165, 1.54) is 0 Å². The zero-order chi connectivity index (χ0) is 17.2. The second kappa shape index (κ2) is 6.67. The van der Waals surface area contributed by atoms with Crippen LogP contribution in [0.3, 0.4) is 0 Å². The molecule has 0 aliphatic carbocycles. The number of benzene rings is 1. The Bertz CT molecular complexity index is 724. The molecule has 1 aliphatic heterocycles. The Balaban J connectivity index is 1.76. The summed E-state index contributed by atoms with van der Waals surface area (Å²) >= 11 is 0. The molecule has 128 valence electrons. The van der Waals surface area contributed by atoms with Gasteiger partial charge in [-0.2, -0.15) is 0 Å². The van der Waals surface area contributed by atoms with Crippen molar-refractivity contribution in [3.05, 3.63) is 36.7 Å². The molecule has 1 unspecified atom stereocenters. The Hall–Kier alpha value is -2.30. The fourth-order valence-corrected chi connectivity index (χ4v) is 2.84. The van der Waals surface area contributed by atoms with Crippen LogP contribution < -0.4 is 4.74 Å². The highest BCUT2D eigenvalue weighted by Crippen LogP contribution is 2.26. The first-order valence-corrected chi connectivity index (χ1v) is 8.42. The lowest BCUT2D eigenvalue weighted by atomic mass is 10.1. The van der Waals surface area contributed by atoms with Gasteiger partial charge in [-0.05, 0) is 63.3 Å². The summed E-state index contributed by atoms with van der Waals surface area (Å²) in [4.78, 5) is 18.3. The Morgan fingerprint density at radius 3 is 2.83 bits per heavy atom. The van der Waals surface area contributed by atoms with Crippen LogP contribution in [0.5, 0.6) is 5.75 Å². The van der Waals surface area contributed by atoms with E-state index in [2.05, 4.69) is 4.98 Å². The summed E-state index contributed by atoms with van der Waals surface area (Å²) in [5.74, 6) is 0.758. The number of fused-ring (bicyclic) bond motifs is 1. The van der Waals surface area contributed by atoms with Crippen LogP contribution in [0.25, 0.3) is 10.8 Å². The van der Waals surface area contributed by atoms with E-state index in [9.17, 15) is 4.79 Å². The maximum Gasteiger partial charge on any atom is 0.413 e. The summed E-state index contributed by atoms with van der Waals surface area (Å²) < 4.78 is 11.6. The van der Waals surface area contributed by atoms with Crippen molar-refractivity contribution in [3.8, 4) is 5.75 Å². The van der Waals surface area contributed by atoms with Gasteiger partial charge in [-0.15, -0.1) is 0 Å². The zero-order valence-electron chi connectivity index (χ0n) is 14.5. The van der Waals surface area contributed by atoms with E-state index in [0.717, 1.165) is 35.8 Å². The number of rotatable bonds is 2. The number of hydrogen-bond acceptors (Lipinski definition) is 4. The highest BCUT2D eigenvalue weighted by atomic mass is 16.6. The van der Waals surface area contributed by atoms with E-state index in [1.807, 2.05) is 51.2 Å². The maximum absolute atomic E-state index is 12.4. The van der Waals surface area contributed by atoms with Gasteiger partial charge in [0, 0.05) is 30.7 Å². The van der Waals surface area contributed by atoms with Crippen molar-refractivity contribution in [2.45, 2.75) is 51.9 Å². The predicted octanol–water partition coefficient (Wildman–Crippen LogP) is 4.36. The van der Waals surface area contributed by atoms with E-state index < -0.39 is 5.60 Å². The minimum absolute atomic E-state index is 0.284. The second-order valence-electron chi connectivity index (χ2n) is 7.13. The lowest BCUT2D eigenvalue weighted by Gasteiger charge is -2.36. The highest BCUT2D eigenvalue weighted by molar-refractivity contribution is 5.82. The van der Waals surface area contributed by atoms with Crippen LogP contribution in [0.4, 0.5) is 4.79 Å². The second-order valence-corrected chi connectivity index (χ2v) is 7.13. The van der Waals surface area contributed by atoms with E-state index in [0.29, 0.717) is 6.54 Å². The van der Waals surface area contributed by atoms with E-state index in [4.69, 9.17) is 9.47 Å². The minimum atomic E-state index is -0.505. The zero-order valence-corrected chi connectivity index (χ0v) is 14.5. The molecule has 2 aromatic rings. The van der Waals surface area contributed by atoms with Crippen molar-refractivity contribution in [2.24, 2.45) is 0 Å². The molecule has 1 aliphatic rings. The molecule has 5 heteroatoms. The van der Waals surface area contributed by atoms with Crippen molar-refractivity contribution in [2.75, 3.05) is 6.54 Å². The molecular formula is C19H24N2O3. The molecule has 5 nitrogen and oxygen atoms in total. The SMILES string of the molecule is CC(C)(C)OC(=O)N1CCCCC1Oc1ccc2cnccc2c1. The number of ether oxygens (including phenoxy) is 2. The number of hydrogen-bond donors (Lipinski definition) is 0. The van der Waals surface area contributed by atoms with Crippen molar-refractivity contribution >= 4 is 16.9 Å². The van der Waals surface area contributed by atoms with Gasteiger partial charge in [0.25, 0.3) is 0 Å². The number of pyridine rings is 1. The standard InChI is InChI=1S/C19H24N2O3/c1-19(2,3)24-18(22)21-11-5-4-6-17(21)23-16-8-7-15-13-20-10-9-14(15)12-16/h7-10,12-13,17H,4-6,11H2,1-3H3. The van der Waals surface area contributed by atoms with Gasteiger partial charge < -0.3 is 9.47 Å². The van der Waals surface area contributed by atoms with Gasteiger partial charge in [-0.25, -0.2) is 4.79 Å². The molecule has 24 heavy (non-hydrogen) atoms. The average molecular weight is 328 g/mol. The lowest BCUT2D eigenvalue weighted by molar-refractivity contribution is -0.0341. The highest BCUT2D eigenvalue weighted by Gasteiger charge is 2.31. The topological polar surface area (TPSA) is 51.7 Å². The Labute approximate surface area is 142 Å². The largest absolute Gasteiger partial charge is 0.470 e. The van der Waals surface area contributed by atoms with Gasteiger partial charge >= 0.3 is 6.09 Å². The molecule has 0 radical (unpaired) electrons. The summed E-state index contributed by atoms with van der Waals surface area (Å²) in [6.07, 6.45) is 5.83. The van der Waals surface area contributed by atoms with Crippen LogP contribution in [-0.2, 0) is 4.74 Å². The van der Waals surface area contributed by atoms with Crippen LogP contribution in [0, 0.1) is 0 Å². The van der Waals surface area contributed by atoms with Crippen LogP contribution in [0.1, 0.15) is 40.0 Å². The van der Waals surface area contributed by atoms with Gasteiger partial charge in [-0.3, -0.25) is 9.88 Å².